The maximum Gasteiger partial charge on any atom is 0.243 e. The number of piperazine rings is 1. The Bertz CT molecular complexity index is 994. The Balaban J connectivity index is 1.85. The van der Waals surface area contributed by atoms with E-state index in [4.69, 9.17) is 9.47 Å². The number of methoxy groups -OCH3 is 2. The third-order valence-electron chi connectivity index (χ3n) is 5.20. The Hall–Kier alpha value is -2.14. The first-order chi connectivity index (χ1) is 14.1. The number of sulfonamides is 2. The summed E-state index contributed by atoms with van der Waals surface area (Å²) < 4.78 is 65.5. The van der Waals surface area contributed by atoms with E-state index in [0.717, 1.165) is 0 Å². The van der Waals surface area contributed by atoms with E-state index >= 15 is 0 Å². The van der Waals surface area contributed by atoms with Crippen molar-refractivity contribution in [2.24, 2.45) is 0 Å². The molecule has 2 aromatic carbocycles. The predicted molar refractivity (Wildman–Crippen MR) is 113 cm³/mol. The molecule has 3 rings (SSSR count). The molecule has 1 aliphatic heterocycles. The van der Waals surface area contributed by atoms with Crippen LogP contribution in [0.2, 0.25) is 0 Å². The average molecular weight is 455 g/mol. The Morgan fingerprint density at radius 2 is 0.967 bits per heavy atom. The number of rotatable bonds is 6. The van der Waals surface area contributed by atoms with E-state index < -0.39 is 32.1 Å². The summed E-state index contributed by atoms with van der Waals surface area (Å²) in [6.07, 6.45) is 0. The van der Waals surface area contributed by atoms with Gasteiger partial charge in [0.1, 0.15) is 11.5 Å². The zero-order valence-electron chi connectivity index (χ0n) is 17.3. The van der Waals surface area contributed by atoms with Gasteiger partial charge >= 0.3 is 0 Å². The van der Waals surface area contributed by atoms with Crippen LogP contribution in [0.5, 0.6) is 11.5 Å². The van der Waals surface area contributed by atoms with Gasteiger partial charge in [-0.05, 0) is 62.4 Å². The third kappa shape index (κ3) is 4.18. The van der Waals surface area contributed by atoms with E-state index in [-0.39, 0.29) is 22.9 Å². The van der Waals surface area contributed by atoms with Crippen molar-refractivity contribution < 1.29 is 26.3 Å². The number of benzene rings is 2. The highest BCUT2D eigenvalue weighted by molar-refractivity contribution is 7.89. The standard InChI is InChI=1S/C20H26N2O6S2/c1-15-13-22(30(25,26)20-11-7-18(28-4)8-12-20)16(2)14-21(15)29(23,24)19-9-5-17(27-3)6-10-19/h5-12,15-16H,13-14H2,1-4H3/t15-,16-/m0/s1. The molecule has 0 bridgehead atoms. The first kappa shape index (κ1) is 22.5. The Labute approximate surface area is 178 Å². The van der Waals surface area contributed by atoms with E-state index in [0.29, 0.717) is 11.5 Å². The Morgan fingerprint density at radius 3 is 1.23 bits per heavy atom. The summed E-state index contributed by atoms with van der Waals surface area (Å²) in [5.74, 6) is 1.12. The summed E-state index contributed by atoms with van der Waals surface area (Å²) in [5.41, 5.74) is 0. The molecule has 0 aromatic heterocycles. The van der Waals surface area contributed by atoms with Gasteiger partial charge in [0.05, 0.1) is 24.0 Å². The molecular weight excluding hydrogens is 428 g/mol. The maximum absolute atomic E-state index is 13.1. The fraction of sp³-hybridized carbons (Fsp3) is 0.400. The van der Waals surface area contributed by atoms with Crippen LogP contribution >= 0.6 is 0 Å². The molecule has 0 amide bonds. The van der Waals surface area contributed by atoms with Crippen LogP contribution in [0.4, 0.5) is 0 Å². The van der Waals surface area contributed by atoms with E-state index in [9.17, 15) is 16.8 Å². The lowest BCUT2D eigenvalue weighted by Gasteiger charge is -2.42. The van der Waals surface area contributed by atoms with Gasteiger partial charge in [-0.25, -0.2) is 16.8 Å². The molecule has 164 valence electrons. The molecule has 2 atom stereocenters. The van der Waals surface area contributed by atoms with Crippen molar-refractivity contribution in [3.63, 3.8) is 0 Å². The summed E-state index contributed by atoms with van der Waals surface area (Å²) in [6.45, 7) is 3.54. The molecule has 1 heterocycles. The largest absolute Gasteiger partial charge is 0.497 e. The van der Waals surface area contributed by atoms with Gasteiger partial charge in [-0.1, -0.05) is 0 Å². The molecule has 0 saturated carbocycles. The van der Waals surface area contributed by atoms with Crippen LogP contribution in [0.25, 0.3) is 0 Å². The number of nitrogens with zero attached hydrogens (tertiary/aromatic N) is 2. The normalized spacial score (nSPS) is 21.3. The first-order valence-electron chi connectivity index (χ1n) is 9.43. The van der Waals surface area contributed by atoms with Crippen molar-refractivity contribution in [1.29, 1.82) is 0 Å². The molecule has 0 aliphatic carbocycles. The molecule has 1 fully saturated rings. The Morgan fingerprint density at radius 1 is 0.667 bits per heavy atom. The highest BCUT2D eigenvalue weighted by atomic mass is 32.2. The lowest BCUT2D eigenvalue weighted by molar-refractivity contribution is 0.163. The smallest absolute Gasteiger partial charge is 0.243 e. The molecule has 10 heteroatoms. The summed E-state index contributed by atoms with van der Waals surface area (Å²) >= 11 is 0. The van der Waals surface area contributed by atoms with Crippen molar-refractivity contribution in [2.75, 3.05) is 27.3 Å². The van der Waals surface area contributed by atoms with Crippen LogP contribution in [-0.4, -0.2) is 64.8 Å². The molecule has 0 spiro atoms. The molecule has 2 aromatic rings. The fourth-order valence-electron chi connectivity index (χ4n) is 3.50. The van der Waals surface area contributed by atoms with Gasteiger partial charge < -0.3 is 9.47 Å². The maximum atomic E-state index is 13.1. The summed E-state index contributed by atoms with van der Waals surface area (Å²) in [5, 5.41) is 0. The average Bonchev–Trinajstić information content (AvgIpc) is 2.74. The number of hydrogen-bond donors (Lipinski definition) is 0. The highest BCUT2D eigenvalue weighted by Gasteiger charge is 2.41. The van der Waals surface area contributed by atoms with E-state index in [2.05, 4.69) is 0 Å². The van der Waals surface area contributed by atoms with Crippen LogP contribution < -0.4 is 9.47 Å². The first-order valence-corrected chi connectivity index (χ1v) is 12.3. The van der Waals surface area contributed by atoms with Crippen molar-refractivity contribution >= 4 is 20.0 Å². The fourth-order valence-corrected chi connectivity index (χ4v) is 6.91. The summed E-state index contributed by atoms with van der Waals surface area (Å²) in [7, 11) is -4.52. The van der Waals surface area contributed by atoms with Crippen LogP contribution in [0, 0.1) is 0 Å². The van der Waals surface area contributed by atoms with Crippen LogP contribution in [0.1, 0.15) is 13.8 Å². The zero-order chi connectivity index (χ0) is 22.1. The second-order valence-corrected chi connectivity index (χ2v) is 11.0. The number of hydrogen-bond acceptors (Lipinski definition) is 6. The summed E-state index contributed by atoms with van der Waals surface area (Å²) in [6, 6.07) is 11.3. The van der Waals surface area contributed by atoms with Crippen LogP contribution in [0.3, 0.4) is 0 Å². The van der Waals surface area contributed by atoms with E-state index in [1.165, 1.54) is 47.1 Å². The second kappa shape index (κ2) is 8.54. The monoisotopic (exact) mass is 454 g/mol. The molecule has 1 aliphatic rings. The summed E-state index contributed by atoms with van der Waals surface area (Å²) in [4.78, 5) is 0.294. The van der Waals surface area contributed by atoms with Gasteiger partial charge in [-0.3, -0.25) is 0 Å². The lowest BCUT2D eigenvalue weighted by atomic mass is 10.2. The molecule has 30 heavy (non-hydrogen) atoms. The predicted octanol–water partition coefficient (Wildman–Crippen LogP) is 2.18. The minimum absolute atomic E-state index is 0.0604. The molecule has 0 N–H and O–H groups in total. The molecule has 8 nitrogen and oxygen atoms in total. The molecule has 0 unspecified atom stereocenters. The van der Waals surface area contributed by atoms with E-state index in [1.807, 2.05) is 0 Å². The van der Waals surface area contributed by atoms with Gasteiger partial charge in [0.25, 0.3) is 0 Å². The van der Waals surface area contributed by atoms with Crippen molar-refractivity contribution in [2.45, 2.75) is 35.7 Å². The van der Waals surface area contributed by atoms with Crippen molar-refractivity contribution in [1.82, 2.24) is 8.61 Å². The molecule has 1 saturated heterocycles. The van der Waals surface area contributed by atoms with Crippen LogP contribution in [0.15, 0.2) is 58.3 Å². The van der Waals surface area contributed by atoms with Gasteiger partial charge in [0.2, 0.25) is 20.0 Å². The topological polar surface area (TPSA) is 93.2 Å². The SMILES string of the molecule is COc1ccc(S(=O)(=O)N2C[C@H](C)N(S(=O)(=O)c3ccc(OC)cc3)C[C@@H]2C)cc1. The van der Waals surface area contributed by atoms with Gasteiger partial charge in [-0.2, -0.15) is 8.61 Å². The molecule has 0 radical (unpaired) electrons. The quantitative estimate of drug-likeness (QED) is 0.664. The van der Waals surface area contributed by atoms with Crippen molar-refractivity contribution in [3.8, 4) is 11.5 Å². The van der Waals surface area contributed by atoms with Gasteiger partial charge in [0, 0.05) is 25.2 Å². The van der Waals surface area contributed by atoms with E-state index in [1.54, 1.807) is 38.1 Å². The lowest BCUT2D eigenvalue weighted by Crippen LogP contribution is -2.59. The second-order valence-electron chi connectivity index (χ2n) is 7.20. The minimum Gasteiger partial charge on any atom is -0.497 e. The molecular formula is C20H26N2O6S2. The van der Waals surface area contributed by atoms with Crippen molar-refractivity contribution in [3.05, 3.63) is 48.5 Å². The Kier molecular flexibility index (Phi) is 6.42. The van der Waals surface area contributed by atoms with Crippen LogP contribution in [-0.2, 0) is 20.0 Å². The third-order valence-corrected chi connectivity index (χ3v) is 9.19. The number of ether oxygens (including phenoxy) is 2. The zero-order valence-corrected chi connectivity index (χ0v) is 19.0. The van der Waals surface area contributed by atoms with Gasteiger partial charge in [0.15, 0.2) is 0 Å². The van der Waals surface area contributed by atoms with Gasteiger partial charge in [-0.15, -0.1) is 0 Å². The minimum atomic E-state index is -3.77. The highest BCUT2D eigenvalue weighted by Crippen LogP contribution is 2.29.